The molecule has 0 spiro atoms. The van der Waals surface area contributed by atoms with E-state index < -0.39 is 0 Å². The number of aromatic nitrogens is 3. The normalized spacial score (nSPS) is 10.6. The largest absolute Gasteiger partial charge is 0.494 e. The summed E-state index contributed by atoms with van der Waals surface area (Å²) >= 11 is 0. The fourth-order valence-corrected chi connectivity index (χ4v) is 1.67. The number of hydrogen-bond acceptors (Lipinski definition) is 4. The fraction of sp³-hybridized carbons (Fsp3) is 0.333. The molecule has 0 bridgehead atoms. The predicted octanol–water partition coefficient (Wildman–Crippen LogP) is 1.19. The molecule has 6 heteroatoms. The van der Waals surface area contributed by atoms with Crippen molar-refractivity contribution in [2.45, 2.75) is 13.1 Å². The average molecular weight is 250 g/mol. The summed E-state index contributed by atoms with van der Waals surface area (Å²) in [6, 6.07) is 4.86. The van der Waals surface area contributed by atoms with Crippen LogP contribution in [0.25, 0.3) is 0 Å². The molecule has 1 heterocycles. The second-order valence-electron chi connectivity index (χ2n) is 3.91. The second-order valence-corrected chi connectivity index (χ2v) is 3.91. The Bertz CT molecular complexity index is 527. The second kappa shape index (κ2) is 5.59. The zero-order valence-electron chi connectivity index (χ0n) is 10.4. The molecule has 1 N–H and O–H groups in total. The van der Waals surface area contributed by atoms with E-state index >= 15 is 0 Å². The Hall–Kier alpha value is -1.95. The SMILES string of the molecule is CNCc1cn(Cc2ccc(OC)c(F)c2)nn1. The van der Waals surface area contributed by atoms with Gasteiger partial charge in [0.25, 0.3) is 0 Å². The van der Waals surface area contributed by atoms with Gasteiger partial charge in [0, 0.05) is 6.54 Å². The number of ether oxygens (including phenoxy) is 1. The molecule has 2 rings (SSSR count). The molecule has 1 aromatic heterocycles. The van der Waals surface area contributed by atoms with E-state index in [9.17, 15) is 4.39 Å². The Kier molecular flexibility index (Phi) is 3.88. The predicted molar refractivity (Wildman–Crippen MR) is 64.8 cm³/mol. The minimum Gasteiger partial charge on any atom is -0.494 e. The van der Waals surface area contributed by atoms with Crippen molar-refractivity contribution < 1.29 is 9.13 Å². The first-order valence-corrected chi connectivity index (χ1v) is 5.59. The van der Waals surface area contributed by atoms with Crippen LogP contribution in [-0.4, -0.2) is 29.2 Å². The van der Waals surface area contributed by atoms with Gasteiger partial charge in [0.15, 0.2) is 11.6 Å². The Morgan fingerprint density at radius 3 is 2.94 bits per heavy atom. The lowest BCUT2D eigenvalue weighted by molar-refractivity contribution is 0.386. The highest BCUT2D eigenvalue weighted by Crippen LogP contribution is 2.18. The highest BCUT2D eigenvalue weighted by molar-refractivity contribution is 5.29. The number of hydrogen-bond donors (Lipinski definition) is 1. The lowest BCUT2D eigenvalue weighted by Gasteiger charge is -2.04. The molecule has 0 aliphatic heterocycles. The maximum Gasteiger partial charge on any atom is 0.165 e. The van der Waals surface area contributed by atoms with Gasteiger partial charge >= 0.3 is 0 Å². The summed E-state index contributed by atoms with van der Waals surface area (Å²) in [5.74, 6) is -0.126. The molecule has 0 saturated carbocycles. The molecule has 0 atom stereocenters. The van der Waals surface area contributed by atoms with Crippen molar-refractivity contribution in [3.8, 4) is 5.75 Å². The van der Waals surface area contributed by atoms with Crippen LogP contribution in [0.4, 0.5) is 4.39 Å². The zero-order chi connectivity index (χ0) is 13.0. The van der Waals surface area contributed by atoms with Gasteiger partial charge in [0.05, 0.1) is 25.5 Å². The molecule has 0 amide bonds. The molecule has 1 aromatic carbocycles. The molecule has 5 nitrogen and oxygen atoms in total. The van der Waals surface area contributed by atoms with Crippen LogP contribution in [0.15, 0.2) is 24.4 Å². The minimum absolute atomic E-state index is 0.244. The van der Waals surface area contributed by atoms with Crippen molar-refractivity contribution in [3.63, 3.8) is 0 Å². The van der Waals surface area contributed by atoms with E-state index in [0.717, 1.165) is 11.3 Å². The van der Waals surface area contributed by atoms with Gasteiger partial charge in [-0.1, -0.05) is 11.3 Å². The summed E-state index contributed by atoms with van der Waals surface area (Å²) < 4.78 is 20.0. The van der Waals surface area contributed by atoms with Gasteiger partial charge in [-0.05, 0) is 24.7 Å². The van der Waals surface area contributed by atoms with Gasteiger partial charge in [0.2, 0.25) is 0 Å². The van der Waals surface area contributed by atoms with Gasteiger partial charge in [-0.15, -0.1) is 5.10 Å². The standard InChI is InChI=1S/C12H15FN4O/c1-14-6-10-8-17(16-15-10)7-9-3-4-12(18-2)11(13)5-9/h3-5,8,14H,6-7H2,1-2H3. The van der Waals surface area contributed by atoms with E-state index in [2.05, 4.69) is 15.6 Å². The first-order valence-electron chi connectivity index (χ1n) is 5.59. The van der Waals surface area contributed by atoms with Crippen LogP contribution in [0.5, 0.6) is 5.75 Å². The molecule has 0 fully saturated rings. The molecular weight excluding hydrogens is 235 g/mol. The number of nitrogens with one attached hydrogen (secondary N) is 1. The van der Waals surface area contributed by atoms with Gasteiger partial charge in [-0.25, -0.2) is 9.07 Å². The third-order valence-electron chi connectivity index (χ3n) is 2.50. The maximum absolute atomic E-state index is 13.5. The fourth-order valence-electron chi connectivity index (χ4n) is 1.67. The Morgan fingerprint density at radius 1 is 1.44 bits per heavy atom. The van der Waals surface area contributed by atoms with Crippen molar-refractivity contribution in [2.75, 3.05) is 14.2 Å². The van der Waals surface area contributed by atoms with Crippen LogP contribution < -0.4 is 10.1 Å². The van der Waals surface area contributed by atoms with E-state index in [1.165, 1.54) is 13.2 Å². The van der Waals surface area contributed by atoms with Crippen LogP contribution in [-0.2, 0) is 13.1 Å². The maximum atomic E-state index is 13.5. The van der Waals surface area contributed by atoms with Crippen molar-refractivity contribution in [1.82, 2.24) is 20.3 Å². The topological polar surface area (TPSA) is 52.0 Å². The Morgan fingerprint density at radius 2 is 2.28 bits per heavy atom. The molecule has 0 aliphatic carbocycles. The lowest BCUT2D eigenvalue weighted by Crippen LogP contribution is -2.05. The third-order valence-corrected chi connectivity index (χ3v) is 2.50. The Balaban J connectivity index is 2.10. The molecule has 96 valence electrons. The van der Waals surface area contributed by atoms with Crippen LogP contribution in [0.3, 0.4) is 0 Å². The summed E-state index contributed by atoms with van der Waals surface area (Å²) in [7, 11) is 3.29. The summed E-state index contributed by atoms with van der Waals surface area (Å²) in [6.07, 6.45) is 1.83. The zero-order valence-corrected chi connectivity index (χ0v) is 10.4. The number of nitrogens with zero attached hydrogens (tertiary/aromatic N) is 3. The smallest absolute Gasteiger partial charge is 0.165 e. The highest BCUT2D eigenvalue weighted by atomic mass is 19.1. The van der Waals surface area contributed by atoms with Gasteiger partial charge in [-0.2, -0.15) is 0 Å². The van der Waals surface area contributed by atoms with Crippen molar-refractivity contribution in [1.29, 1.82) is 0 Å². The summed E-state index contributed by atoms with van der Waals surface area (Å²) in [4.78, 5) is 0. The van der Waals surface area contributed by atoms with Crippen molar-refractivity contribution >= 4 is 0 Å². The van der Waals surface area contributed by atoms with E-state index in [1.807, 2.05) is 13.2 Å². The summed E-state index contributed by atoms with van der Waals surface area (Å²) in [5, 5.41) is 11.0. The van der Waals surface area contributed by atoms with Crippen LogP contribution >= 0.6 is 0 Å². The van der Waals surface area contributed by atoms with Gasteiger partial charge < -0.3 is 10.1 Å². The molecular formula is C12H15FN4O. The average Bonchev–Trinajstić information content (AvgIpc) is 2.77. The van der Waals surface area contributed by atoms with E-state index in [1.54, 1.807) is 16.8 Å². The third kappa shape index (κ3) is 2.84. The van der Waals surface area contributed by atoms with Crippen molar-refractivity contribution in [2.24, 2.45) is 0 Å². The van der Waals surface area contributed by atoms with Gasteiger partial charge in [-0.3, -0.25) is 0 Å². The molecule has 18 heavy (non-hydrogen) atoms. The highest BCUT2D eigenvalue weighted by Gasteiger charge is 2.05. The van der Waals surface area contributed by atoms with E-state index in [4.69, 9.17) is 4.74 Å². The molecule has 0 aliphatic rings. The molecule has 0 radical (unpaired) electrons. The monoisotopic (exact) mass is 250 g/mol. The van der Waals surface area contributed by atoms with E-state index in [0.29, 0.717) is 13.1 Å². The van der Waals surface area contributed by atoms with Crippen molar-refractivity contribution in [3.05, 3.63) is 41.5 Å². The molecule has 2 aromatic rings. The quantitative estimate of drug-likeness (QED) is 0.866. The number of halogens is 1. The first-order chi connectivity index (χ1) is 8.72. The summed E-state index contributed by atoms with van der Waals surface area (Å²) in [5.41, 5.74) is 1.67. The van der Waals surface area contributed by atoms with Gasteiger partial charge in [0.1, 0.15) is 0 Å². The number of benzene rings is 1. The van der Waals surface area contributed by atoms with Crippen LogP contribution in [0.1, 0.15) is 11.3 Å². The Labute approximate surface area is 105 Å². The lowest BCUT2D eigenvalue weighted by atomic mass is 10.2. The summed E-state index contributed by atoms with van der Waals surface area (Å²) in [6.45, 7) is 1.15. The number of rotatable bonds is 5. The minimum atomic E-state index is -0.370. The van der Waals surface area contributed by atoms with Crippen LogP contribution in [0.2, 0.25) is 0 Å². The molecule has 0 unspecified atom stereocenters. The number of methoxy groups -OCH3 is 1. The van der Waals surface area contributed by atoms with Crippen LogP contribution in [0, 0.1) is 5.82 Å². The first kappa shape index (κ1) is 12.5. The molecule has 0 saturated heterocycles. The van der Waals surface area contributed by atoms with E-state index in [-0.39, 0.29) is 11.6 Å².